The van der Waals surface area contributed by atoms with E-state index in [9.17, 15) is 0 Å². The molecule has 90 valence electrons. The molecule has 16 heavy (non-hydrogen) atoms. The molecule has 1 aromatic rings. The van der Waals surface area contributed by atoms with Crippen LogP contribution in [0.4, 0.5) is 0 Å². The highest BCUT2D eigenvalue weighted by molar-refractivity contribution is 5.17. The minimum atomic E-state index is -1.11. The van der Waals surface area contributed by atoms with Crippen molar-refractivity contribution in [3.63, 3.8) is 0 Å². The summed E-state index contributed by atoms with van der Waals surface area (Å²) in [6, 6.07) is 3.10. The van der Waals surface area contributed by atoms with E-state index in [1.54, 1.807) is 6.07 Å². The number of rotatable bonds is 6. The number of aliphatic hydroxyl groups is 3. The molecule has 1 heterocycles. The van der Waals surface area contributed by atoms with Gasteiger partial charge in [-0.25, -0.2) is 0 Å². The van der Waals surface area contributed by atoms with Crippen LogP contribution in [0.15, 0.2) is 18.3 Å². The van der Waals surface area contributed by atoms with Crippen molar-refractivity contribution in [3.8, 4) is 5.75 Å². The second-order valence-corrected chi connectivity index (χ2v) is 3.62. The van der Waals surface area contributed by atoms with Crippen molar-refractivity contribution in [1.82, 2.24) is 10.3 Å². The van der Waals surface area contributed by atoms with Crippen molar-refractivity contribution in [3.05, 3.63) is 24.0 Å². The maximum absolute atomic E-state index is 9.06. The number of nitrogens with zero attached hydrogens (tertiary/aromatic N) is 1. The van der Waals surface area contributed by atoms with Crippen LogP contribution in [0.25, 0.3) is 0 Å². The van der Waals surface area contributed by atoms with Crippen LogP contribution in [0.5, 0.6) is 5.75 Å². The van der Waals surface area contributed by atoms with Crippen LogP contribution < -0.4 is 5.32 Å². The lowest BCUT2D eigenvalue weighted by atomic mass is 10.0. The Morgan fingerprint density at radius 3 is 2.19 bits per heavy atom. The largest absolute Gasteiger partial charge is 0.506 e. The molecule has 0 radical (unpaired) electrons. The van der Waals surface area contributed by atoms with E-state index < -0.39 is 5.54 Å². The average Bonchev–Trinajstić information content (AvgIpc) is 2.34. The summed E-state index contributed by atoms with van der Waals surface area (Å²) >= 11 is 0. The maximum atomic E-state index is 9.06. The standard InChI is InChI=1S/C10H16N2O4/c13-5-10(6-14,7-15)12-3-8-1-2-9(16)4-11-8/h1-2,4,12-16H,3,5-7H2. The first kappa shape index (κ1) is 12.9. The van der Waals surface area contributed by atoms with Gasteiger partial charge in [-0.1, -0.05) is 0 Å². The summed E-state index contributed by atoms with van der Waals surface area (Å²) in [6.45, 7) is -0.851. The zero-order valence-corrected chi connectivity index (χ0v) is 8.80. The minimum absolute atomic E-state index is 0.0708. The van der Waals surface area contributed by atoms with Gasteiger partial charge >= 0.3 is 0 Å². The summed E-state index contributed by atoms with van der Waals surface area (Å²) in [4.78, 5) is 3.93. The first-order valence-corrected chi connectivity index (χ1v) is 4.87. The Labute approximate surface area is 93.2 Å². The third-order valence-corrected chi connectivity index (χ3v) is 2.36. The van der Waals surface area contributed by atoms with Gasteiger partial charge in [-0.3, -0.25) is 10.3 Å². The smallest absolute Gasteiger partial charge is 0.133 e. The van der Waals surface area contributed by atoms with Crippen molar-refractivity contribution in [2.24, 2.45) is 0 Å². The fourth-order valence-electron chi connectivity index (χ4n) is 1.12. The van der Waals surface area contributed by atoms with Crippen LogP contribution in [-0.2, 0) is 6.54 Å². The van der Waals surface area contributed by atoms with Crippen molar-refractivity contribution >= 4 is 0 Å². The molecule has 1 aromatic heterocycles. The monoisotopic (exact) mass is 228 g/mol. The molecule has 0 atom stereocenters. The van der Waals surface area contributed by atoms with Gasteiger partial charge in [0, 0.05) is 6.54 Å². The highest BCUT2D eigenvalue weighted by atomic mass is 16.3. The number of hydrogen-bond donors (Lipinski definition) is 5. The van der Waals surface area contributed by atoms with Crippen molar-refractivity contribution in [2.45, 2.75) is 12.1 Å². The first-order chi connectivity index (χ1) is 7.65. The molecule has 0 aliphatic rings. The summed E-state index contributed by atoms with van der Waals surface area (Å²) < 4.78 is 0. The van der Waals surface area contributed by atoms with Gasteiger partial charge in [-0.05, 0) is 12.1 Å². The molecular formula is C10H16N2O4. The number of aliphatic hydroxyl groups excluding tert-OH is 3. The molecule has 0 unspecified atom stereocenters. The molecule has 0 aliphatic heterocycles. The van der Waals surface area contributed by atoms with Crippen LogP contribution in [-0.4, -0.2) is 50.8 Å². The number of aromatic nitrogens is 1. The molecule has 0 saturated heterocycles. The number of hydrogen-bond acceptors (Lipinski definition) is 6. The van der Waals surface area contributed by atoms with Crippen LogP contribution >= 0.6 is 0 Å². The molecule has 0 bridgehead atoms. The third-order valence-electron chi connectivity index (χ3n) is 2.36. The summed E-state index contributed by atoms with van der Waals surface area (Å²) in [5.41, 5.74) is -0.475. The van der Waals surface area contributed by atoms with Crippen molar-refractivity contribution in [1.29, 1.82) is 0 Å². The molecule has 0 saturated carbocycles. The number of aromatic hydroxyl groups is 1. The lowest BCUT2D eigenvalue weighted by Crippen LogP contribution is -2.54. The lowest BCUT2D eigenvalue weighted by Gasteiger charge is -2.28. The van der Waals surface area contributed by atoms with Gasteiger partial charge in [0.05, 0.1) is 37.3 Å². The van der Waals surface area contributed by atoms with E-state index in [0.717, 1.165) is 0 Å². The molecule has 0 aromatic carbocycles. The number of nitrogens with one attached hydrogen (secondary N) is 1. The first-order valence-electron chi connectivity index (χ1n) is 4.87. The fourth-order valence-corrected chi connectivity index (χ4v) is 1.12. The van der Waals surface area contributed by atoms with E-state index in [2.05, 4.69) is 10.3 Å². The van der Waals surface area contributed by atoms with Crippen LogP contribution in [0, 0.1) is 0 Å². The van der Waals surface area contributed by atoms with E-state index in [1.807, 2.05) is 0 Å². The Morgan fingerprint density at radius 1 is 1.12 bits per heavy atom. The SMILES string of the molecule is OCC(CO)(CO)NCc1ccc(O)cn1. The molecule has 0 spiro atoms. The summed E-state index contributed by atoms with van der Waals surface area (Å²) in [5.74, 6) is 0.0708. The van der Waals surface area contributed by atoms with Crippen LogP contribution in [0.1, 0.15) is 5.69 Å². The van der Waals surface area contributed by atoms with Crippen LogP contribution in [0.2, 0.25) is 0 Å². The molecule has 6 nitrogen and oxygen atoms in total. The van der Waals surface area contributed by atoms with Gasteiger partial charge < -0.3 is 20.4 Å². The third kappa shape index (κ3) is 3.14. The number of pyridine rings is 1. The predicted octanol–water partition coefficient (Wildman–Crippen LogP) is -1.41. The molecule has 0 fully saturated rings. The molecule has 0 amide bonds. The zero-order valence-electron chi connectivity index (χ0n) is 8.80. The van der Waals surface area contributed by atoms with Crippen molar-refractivity contribution < 1.29 is 20.4 Å². The Morgan fingerprint density at radius 2 is 1.75 bits per heavy atom. The fraction of sp³-hybridized carbons (Fsp3) is 0.500. The van der Waals surface area contributed by atoms with Gasteiger partial charge in [0.15, 0.2) is 0 Å². The Kier molecular flexibility index (Phi) is 4.63. The molecule has 0 aliphatic carbocycles. The Bertz CT molecular complexity index is 303. The summed E-state index contributed by atoms with van der Waals surface area (Å²) in [7, 11) is 0. The predicted molar refractivity (Wildman–Crippen MR) is 56.7 cm³/mol. The zero-order chi connectivity index (χ0) is 12.0. The Hall–Kier alpha value is -1.21. The maximum Gasteiger partial charge on any atom is 0.133 e. The summed E-state index contributed by atoms with van der Waals surface area (Å²) in [6.07, 6.45) is 1.30. The highest BCUT2D eigenvalue weighted by Crippen LogP contribution is 2.08. The van der Waals surface area contributed by atoms with Gasteiger partial charge in [0.25, 0.3) is 0 Å². The van der Waals surface area contributed by atoms with E-state index in [0.29, 0.717) is 5.69 Å². The summed E-state index contributed by atoms with van der Waals surface area (Å²) in [5, 5.41) is 39.0. The quantitative estimate of drug-likeness (QED) is 0.410. The average molecular weight is 228 g/mol. The van der Waals surface area contributed by atoms with Gasteiger partial charge in [-0.2, -0.15) is 0 Å². The second kappa shape index (κ2) is 5.76. The highest BCUT2D eigenvalue weighted by Gasteiger charge is 2.27. The molecular weight excluding hydrogens is 212 g/mol. The topological polar surface area (TPSA) is 106 Å². The van der Waals surface area contributed by atoms with Gasteiger partial charge in [0.1, 0.15) is 5.75 Å². The van der Waals surface area contributed by atoms with Gasteiger partial charge in [-0.15, -0.1) is 0 Å². The normalized spacial score (nSPS) is 11.7. The molecule has 5 N–H and O–H groups in total. The lowest BCUT2D eigenvalue weighted by molar-refractivity contribution is 0.0411. The van der Waals surface area contributed by atoms with Crippen LogP contribution in [0.3, 0.4) is 0 Å². The van der Waals surface area contributed by atoms with Gasteiger partial charge in [0.2, 0.25) is 0 Å². The van der Waals surface area contributed by atoms with Crippen molar-refractivity contribution in [2.75, 3.05) is 19.8 Å². The second-order valence-electron chi connectivity index (χ2n) is 3.62. The molecule has 6 heteroatoms. The van der Waals surface area contributed by atoms with E-state index in [1.165, 1.54) is 12.3 Å². The van der Waals surface area contributed by atoms with E-state index >= 15 is 0 Å². The molecule has 1 rings (SSSR count). The van der Waals surface area contributed by atoms with E-state index in [-0.39, 0.29) is 32.1 Å². The van der Waals surface area contributed by atoms with E-state index in [4.69, 9.17) is 20.4 Å². The Balaban J connectivity index is 2.58. The minimum Gasteiger partial charge on any atom is -0.506 e.